The van der Waals surface area contributed by atoms with Crippen molar-refractivity contribution in [1.82, 2.24) is 15.1 Å². The van der Waals surface area contributed by atoms with Gasteiger partial charge in [0, 0.05) is 5.56 Å². The number of urea groups is 1. The minimum Gasteiger partial charge on any atom is -0.497 e. The van der Waals surface area contributed by atoms with E-state index >= 15 is 0 Å². The van der Waals surface area contributed by atoms with Crippen LogP contribution in [-0.4, -0.2) is 36.1 Å². The maximum atomic E-state index is 10.6. The zero-order valence-corrected chi connectivity index (χ0v) is 15.3. The number of nitrogens with zero attached hydrogens (tertiary/aromatic N) is 2. The Morgan fingerprint density at radius 2 is 1.78 bits per heavy atom. The van der Waals surface area contributed by atoms with Gasteiger partial charge in [-0.15, -0.1) is 0 Å². The summed E-state index contributed by atoms with van der Waals surface area (Å²) in [5.74, 6) is 1.52. The lowest BCUT2D eigenvalue weighted by Gasteiger charge is -2.11. The van der Waals surface area contributed by atoms with Crippen molar-refractivity contribution < 1.29 is 14.3 Å². The molecule has 0 saturated heterocycles. The number of carbonyl (C=O) groups excluding carboxylic acids is 1. The van der Waals surface area contributed by atoms with Crippen LogP contribution in [0.2, 0.25) is 0 Å². The standard InChI is InChI=1S/C20H22N4O3/c1-14-13-23-24(16-5-9-17(26-2)10-6-16)19(14)15-3-7-18(8-4-15)27-12-11-22-20(21)25/h3-10,13H,11-12H2,1-2H3,(H3,21,22,25). The Balaban J connectivity index is 1.78. The number of rotatable bonds is 7. The predicted molar refractivity (Wildman–Crippen MR) is 103 cm³/mol. The number of nitrogens with two attached hydrogens (primary N) is 1. The van der Waals surface area contributed by atoms with Gasteiger partial charge in [-0.05, 0) is 61.0 Å². The average molecular weight is 366 g/mol. The van der Waals surface area contributed by atoms with Gasteiger partial charge in [0.25, 0.3) is 0 Å². The fraction of sp³-hybridized carbons (Fsp3) is 0.200. The molecule has 2 amide bonds. The number of ether oxygens (including phenoxy) is 2. The topological polar surface area (TPSA) is 91.4 Å². The molecule has 1 heterocycles. The molecule has 0 aliphatic carbocycles. The predicted octanol–water partition coefficient (Wildman–Crippen LogP) is 2.90. The molecule has 7 nitrogen and oxygen atoms in total. The van der Waals surface area contributed by atoms with Crippen LogP contribution < -0.4 is 20.5 Å². The van der Waals surface area contributed by atoms with Crippen molar-refractivity contribution in [3.63, 3.8) is 0 Å². The summed E-state index contributed by atoms with van der Waals surface area (Å²) in [6.45, 7) is 2.74. The molecule has 7 heteroatoms. The Bertz CT molecular complexity index is 902. The molecule has 3 rings (SSSR count). The highest BCUT2D eigenvalue weighted by Gasteiger charge is 2.12. The molecule has 27 heavy (non-hydrogen) atoms. The number of hydrogen-bond donors (Lipinski definition) is 2. The molecule has 3 aromatic rings. The minimum atomic E-state index is -0.559. The van der Waals surface area contributed by atoms with Gasteiger partial charge < -0.3 is 20.5 Å². The molecule has 2 aromatic carbocycles. The molecular weight excluding hydrogens is 344 g/mol. The lowest BCUT2D eigenvalue weighted by atomic mass is 10.1. The zero-order valence-electron chi connectivity index (χ0n) is 15.3. The maximum absolute atomic E-state index is 10.6. The summed E-state index contributed by atoms with van der Waals surface area (Å²) in [7, 11) is 1.64. The van der Waals surface area contributed by atoms with E-state index < -0.39 is 6.03 Å². The van der Waals surface area contributed by atoms with Gasteiger partial charge in [0.1, 0.15) is 18.1 Å². The molecule has 0 aliphatic heterocycles. The Hall–Kier alpha value is -3.48. The smallest absolute Gasteiger partial charge is 0.312 e. The third-order valence-corrected chi connectivity index (χ3v) is 4.07. The van der Waals surface area contributed by atoms with E-state index in [9.17, 15) is 4.79 Å². The summed E-state index contributed by atoms with van der Waals surface area (Å²) < 4.78 is 12.7. The van der Waals surface area contributed by atoms with E-state index in [0.29, 0.717) is 13.2 Å². The van der Waals surface area contributed by atoms with E-state index in [-0.39, 0.29) is 0 Å². The molecule has 0 spiro atoms. The summed E-state index contributed by atoms with van der Waals surface area (Å²) in [6.07, 6.45) is 1.85. The number of primary amides is 1. The summed E-state index contributed by atoms with van der Waals surface area (Å²) in [5.41, 5.74) is 9.09. The molecule has 0 atom stereocenters. The number of hydrogen-bond acceptors (Lipinski definition) is 4. The lowest BCUT2D eigenvalue weighted by molar-refractivity contribution is 0.244. The van der Waals surface area contributed by atoms with Gasteiger partial charge in [-0.3, -0.25) is 0 Å². The highest BCUT2D eigenvalue weighted by Crippen LogP contribution is 2.28. The Labute approximate surface area is 157 Å². The fourth-order valence-electron chi connectivity index (χ4n) is 2.75. The molecule has 1 aromatic heterocycles. The highest BCUT2D eigenvalue weighted by atomic mass is 16.5. The molecular formula is C20H22N4O3. The van der Waals surface area contributed by atoms with Crippen molar-refractivity contribution in [2.75, 3.05) is 20.3 Å². The summed E-state index contributed by atoms with van der Waals surface area (Å²) in [6, 6.07) is 15.0. The largest absolute Gasteiger partial charge is 0.497 e. The van der Waals surface area contributed by atoms with Crippen LogP contribution in [0.4, 0.5) is 4.79 Å². The Morgan fingerprint density at radius 3 is 2.41 bits per heavy atom. The molecule has 0 fully saturated rings. The fourth-order valence-corrected chi connectivity index (χ4v) is 2.75. The van der Waals surface area contributed by atoms with Crippen LogP contribution in [0, 0.1) is 6.92 Å². The van der Waals surface area contributed by atoms with Crippen LogP contribution in [0.3, 0.4) is 0 Å². The van der Waals surface area contributed by atoms with Crippen molar-refractivity contribution >= 4 is 6.03 Å². The summed E-state index contributed by atoms with van der Waals surface area (Å²) in [5, 5.41) is 6.99. The second-order valence-corrected chi connectivity index (χ2v) is 5.95. The molecule has 0 bridgehead atoms. The molecule has 3 N–H and O–H groups in total. The third kappa shape index (κ3) is 4.38. The van der Waals surface area contributed by atoms with Crippen LogP contribution >= 0.6 is 0 Å². The number of aromatic nitrogens is 2. The number of carbonyl (C=O) groups is 1. The first-order valence-electron chi connectivity index (χ1n) is 8.54. The number of nitrogens with one attached hydrogen (secondary N) is 1. The normalized spacial score (nSPS) is 10.4. The van der Waals surface area contributed by atoms with E-state index in [1.807, 2.05) is 66.3 Å². The van der Waals surface area contributed by atoms with Crippen LogP contribution in [0.25, 0.3) is 16.9 Å². The number of methoxy groups -OCH3 is 1. The van der Waals surface area contributed by atoms with Crippen molar-refractivity contribution in [3.8, 4) is 28.4 Å². The van der Waals surface area contributed by atoms with Gasteiger partial charge in [0.2, 0.25) is 0 Å². The Morgan fingerprint density at radius 1 is 1.11 bits per heavy atom. The monoisotopic (exact) mass is 366 g/mol. The number of benzene rings is 2. The first kappa shape index (κ1) is 18.3. The van der Waals surface area contributed by atoms with E-state index in [2.05, 4.69) is 10.4 Å². The van der Waals surface area contributed by atoms with Gasteiger partial charge >= 0.3 is 6.03 Å². The summed E-state index contributed by atoms with van der Waals surface area (Å²) in [4.78, 5) is 10.6. The number of aryl methyl sites for hydroxylation is 1. The van der Waals surface area contributed by atoms with Crippen molar-refractivity contribution in [1.29, 1.82) is 0 Å². The van der Waals surface area contributed by atoms with Gasteiger partial charge in [-0.25, -0.2) is 9.48 Å². The van der Waals surface area contributed by atoms with Crippen LogP contribution in [-0.2, 0) is 0 Å². The zero-order chi connectivity index (χ0) is 19.2. The first-order valence-corrected chi connectivity index (χ1v) is 8.54. The van der Waals surface area contributed by atoms with Crippen molar-refractivity contribution in [3.05, 3.63) is 60.3 Å². The highest BCUT2D eigenvalue weighted by molar-refractivity contribution is 5.71. The number of amides is 2. The van der Waals surface area contributed by atoms with Crippen LogP contribution in [0.5, 0.6) is 11.5 Å². The van der Waals surface area contributed by atoms with E-state index in [1.54, 1.807) is 7.11 Å². The van der Waals surface area contributed by atoms with Gasteiger partial charge in [-0.1, -0.05) is 0 Å². The third-order valence-electron chi connectivity index (χ3n) is 4.07. The minimum absolute atomic E-state index is 0.352. The van der Waals surface area contributed by atoms with Crippen LogP contribution in [0.15, 0.2) is 54.7 Å². The second kappa shape index (κ2) is 8.27. The van der Waals surface area contributed by atoms with E-state index in [1.165, 1.54) is 0 Å². The van der Waals surface area contributed by atoms with Gasteiger partial charge in [0.15, 0.2) is 0 Å². The van der Waals surface area contributed by atoms with E-state index in [4.69, 9.17) is 15.2 Å². The van der Waals surface area contributed by atoms with Gasteiger partial charge in [0.05, 0.1) is 31.2 Å². The maximum Gasteiger partial charge on any atom is 0.312 e. The van der Waals surface area contributed by atoms with E-state index in [0.717, 1.165) is 34.0 Å². The molecule has 0 radical (unpaired) electrons. The SMILES string of the molecule is COc1ccc(-n2ncc(C)c2-c2ccc(OCCNC(N)=O)cc2)cc1. The molecule has 0 unspecified atom stereocenters. The van der Waals surface area contributed by atoms with Crippen molar-refractivity contribution in [2.45, 2.75) is 6.92 Å². The molecule has 0 saturated carbocycles. The second-order valence-electron chi connectivity index (χ2n) is 5.95. The Kier molecular flexibility index (Phi) is 5.61. The molecule has 0 aliphatic rings. The van der Waals surface area contributed by atoms with Crippen LogP contribution in [0.1, 0.15) is 5.56 Å². The first-order chi connectivity index (χ1) is 13.1. The van der Waals surface area contributed by atoms with Crippen molar-refractivity contribution in [2.24, 2.45) is 5.73 Å². The quantitative estimate of drug-likeness (QED) is 0.629. The average Bonchev–Trinajstić information content (AvgIpc) is 3.07. The molecule has 140 valence electrons. The van der Waals surface area contributed by atoms with Gasteiger partial charge in [-0.2, -0.15) is 5.10 Å². The summed E-state index contributed by atoms with van der Waals surface area (Å²) >= 11 is 0. The lowest BCUT2D eigenvalue weighted by Crippen LogP contribution is -2.32.